The van der Waals surface area contributed by atoms with Gasteiger partial charge in [0, 0.05) is 13.1 Å². The number of aromatic amines is 1. The molecule has 0 unspecified atom stereocenters. The summed E-state index contributed by atoms with van der Waals surface area (Å²) in [6.45, 7) is 3.93. The number of aliphatic hydroxyl groups is 1. The number of fused-ring (bicyclic) bond motifs is 1. The highest BCUT2D eigenvalue weighted by atomic mass is 16.3. The number of H-pyrrole nitrogens is 1. The molecule has 21 heavy (non-hydrogen) atoms. The smallest absolute Gasteiger partial charge is 0.258 e. The van der Waals surface area contributed by atoms with Gasteiger partial charge in [-0.3, -0.25) is 9.69 Å². The summed E-state index contributed by atoms with van der Waals surface area (Å²) in [6.07, 6.45) is 2.29. The Morgan fingerprint density at radius 1 is 1.43 bits per heavy atom. The Hall–Kier alpha value is -1.72. The van der Waals surface area contributed by atoms with Crippen LogP contribution in [0.25, 0.3) is 10.9 Å². The number of likely N-dealkylation sites (tertiary alicyclic amines) is 1. The van der Waals surface area contributed by atoms with Crippen LogP contribution in [-0.4, -0.2) is 38.7 Å². The molecule has 1 aliphatic carbocycles. The molecule has 5 nitrogen and oxygen atoms in total. The highest BCUT2D eigenvalue weighted by Gasteiger charge is 2.51. The Balaban J connectivity index is 1.57. The van der Waals surface area contributed by atoms with Gasteiger partial charge >= 0.3 is 0 Å². The van der Waals surface area contributed by atoms with Crippen molar-refractivity contribution in [1.29, 1.82) is 0 Å². The van der Waals surface area contributed by atoms with Crippen LogP contribution in [0.3, 0.4) is 0 Å². The van der Waals surface area contributed by atoms with Gasteiger partial charge in [-0.2, -0.15) is 0 Å². The second kappa shape index (κ2) is 4.39. The maximum atomic E-state index is 12.1. The van der Waals surface area contributed by atoms with Gasteiger partial charge in [-0.05, 0) is 37.3 Å². The van der Waals surface area contributed by atoms with Crippen molar-refractivity contribution in [2.45, 2.75) is 31.9 Å². The van der Waals surface area contributed by atoms with Crippen LogP contribution in [0.4, 0.5) is 0 Å². The lowest BCUT2D eigenvalue weighted by Crippen LogP contribution is -2.62. The van der Waals surface area contributed by atoms with Gasteiger partial charge in [0.15, 0.2) is 0 Å². The molecule has 110 valence electrons. The number of nitrogens with one attached hydrogen (secondary N) is 1. The Morgan fingerprint density at radius 2 is 2.19 bits per heavy atom. The molecule has 1 aromatic carbocycles. The maximum Gasteiger partial charge on any atom is 0.258 e. The van der Waals surface area contributed by atoms with Crippen molar-refractivity contribution in [1.82, 2.24) is 14.9 Å². The summed E-state index contributed by atoms with van der Waals surface area (Å²) in [6, 6.07) is 5.64. The highest BCUT2D eigenvalue weighted by Crippen LogP contribution is 2.44. The van der Waals surface area contributed by atoms with Crippen LogP contribution in [0, 0.1) is 12.8 Å². The molecule has 0 amide bonds. The first-order valence-electron chi connectivity index (χ1n) is 7.48. The molecule has 1 aromatic heterocycles. The quantitative estimate of drug-likeness (QED) is 0.889. The van der Waals surface area contributed by atoms with E-state index in [1.54, 1.807) is 6.07 Å². The summed E-state index contributed by atoms with van der Waals surface area (Å²) in [7, 11) is 0. The minimum absolute atomic E-state index is 0.0864. The number of para-hydroxylation sites is 1. The molecule has 1 aliphatic heterocycles. The topological polar surface area (TPSA) is 69.2 Å². The Bertz CT molecular complexity index is 758. The first kappa shape index (κ1) is 13.0. The molecule has 5 heteroatoms. The van der Waals surface area contributed by atoms with E-state index in [1.807, 2.05) is 19.1 Å². The summed E-state index contributed by atoms with van der Waals surface area (Å²) in [5, 5.41) is 11.0. The molecule has 0 atom stereocenters. The van der Waals surface area contributed by atoms with E-state index in [9.17, 15) is 9.90 Å². The monoisotopic (exact) mass is 285 g/mol. The van der Waals surface area contributed by atoms with Crippen LogP contribution in [0.2, 0.25) is 0 Å². The number of rotatable bonds is 3. The summed E-state index contributed by atoms with van der Waals surface area (Å²) in [5.74, 6) is 1.17. The lowest BCUT2D eigenvalue weighted by atomic mass is 9.89. The fourth-order valence-corrected chi connectivity index (χ4v) is 3.36. The Kier molecular flexibility index (Phi) is 2.71. The van der Waals surface area contributed by atoms with E-state index in [0.29, 0.717) is 36.8 Å². The number of β-amino-alcohol motifs (C(OH)–C–C–N with tert-alkyl or cyclic N) is 1. The van der Waals surface area contributed by atoms with E-state index in [2.05, 4.69) is 14.9 Å². The molecular formula is C16H19N3O2. The molecule has 2 fully saturated rings. The van der Waals surface area contributed by atoms with Crippen molar-refractivity contribution < 1.29 is 5.11 Å². The second-order valence-electron chi connectivity index (χ2n) is 6.51. The molecule has 4 rings (SSSR count). The predicted molar refractivity (Wildman–Crippen MR) is 80.1 cm³/mol. The zero-order chi connectivity index (χ0) is 14.6. The lowest BCUT2D eigenvalue weighted by Gasteiger charge is -2.46. The third kappa shape index (κ3) is 2.17. The van der Waals surface area contributed by atoms with Gasteiger partial charge in [0.25, 0.3) is 5.56 Å². The van der Waals surface area contributed by atoms with Crippen molar-refractivity contribution in [3.63, 3.8) is 0 Å². The summed E-state index contributed by atoms with van der Waals surface area (Å²) in [4.78, 5) is 21.7. The Morgan fingerprint density at radius 3 is 2.90 bits per heavy atom. The maximum absolute atomic E-state index is 12.1. The van der Waals surface area contributed by atoms with Crippen molar-refractivity contribution in [2.75, 3.05) is 13.1 Å². The van der Waals surface area contributed by atoms with E-state index in [0.717, 1.165) is 23.9 Å². The number of benzene rings is 1. The van der Waals surface area contributed by atoms with E-state index in [-0.39, 0.29) is 5.56 Å². The number of aromatic nitrogens is 2. The van der Waals surface area contributed by atoms with Crippen molar-refractivity contribution in [3.05, 3.63) is 39.9 Å². The van der Waals surface area contributed by atoms with Gasteiger partial charge in [-0.1, -0.05) is 12.1 Å². The second-order valence-corrected chi connectivity index (χ2v) is 6.51. The van der Waals surface area contributed by atoms with Crippen molar-refractivity contribution >= 4 is 10.9 Å². The van der Waals surface area contributed by atoms with Crippen LogP contribution >= 0.6 is 0 Å². The largest absolute Gasteiger partial charge is 0.387 e. The number of nitrogens with zero attached hydrogens (tertiary/aromatic N) is 2. The van der Waals surface area contributed by atoms with Crippen LogP contribution in [0.1, 0.15) is 24.2 Å². The average Bonchev–Trinajstić information content (AvgIpc) is 3.23. The first-order chi connectivity index (χ1) is 10.0. The first-order valence-corrected chi connectivity index (χ1v) is 7.48. The minimum atomic E-state index is -0.493. The third-order valence-electron chi connectivity index (χ3n) is 4.69. The van der Waals surface area contributed by atoms with Gasteiger partial charge < -0.3 is 10.1 Å². The fraction of sp³-hybridized carbons (Fsp3) is 0.500. The summed E-state index contributed by atoms with van der Waals surface area (Å²) in [5.41, 5.74) is 1.21. The molecule has 2 heterocycles. The van der Waals surface area contributed by atoms with Crippen LogP contribution in [0.15, 0.2) is 23.0 Å². The van der Waals surface area contributed by atoms with E-state index in [4.69, 9.17) is 0 Å². The van der Waals surface area contributed by atoms with E-state index < -0.39 is 5.60 Å². The third-order valence-corrected chi connectivity index (χ3v) is 4.69. The van der Waals surface area contributed by atoms with Crippen LogP contribution in [0.5, 0.6) is 0 Å². The molecule has 1 saturated carbocycles. The Labute approximate surface area is 122 Å². The number of hydrogen-bond acceptors (Lipinski definition) is 4. The summed E-state index contributed by atoms with van der Waals surface area (Å²) < 4.78 is 0. The van der Waals surface area contributed by atoms with Crippen LogP contribution in [-0.2, 0) is 6.54 Å². The fourth-order valence-electron chi connectivity index (χ4n) is 3.36. The lowest BCUT2D eigenvalue weighted by molar-refractivity contribution is -0.117. The number of hydrogen-bond donors (Lipinski definition) is 2. The van der Waals surface area contributed by atoms with Gasteiger partial charge in [0.05, 0.1) is 23.0 Å². The normalized spacial score (nSPS) is 21.4. The average molecular weight is 285 g/mol. The zero-order valence-corrected chi connectivity index (χ0v) is 12.1. The van der Waals surface area contributed by atoms with E-state index in [1.165, 1.54) is 0 Å². The van der Waals surface area contributed by atoms with Crippen LogP contribution < -0.4 is 5.56 Å². The zero-order valence-electron chi connectivity index (χ0n) is 12.1. The standard InChI is InChI=1S/C16H19N3O2/c1-10-3-2-4-12-14(10)17-13(18-15(12)20)7-19-8-16(21,9-19)11-5-6-11/h2-4,11,21H,5-9H2,1H3,(H,17,18,20). The molecule has 2 N–H and O–H groups in total. The molecule has 2 aromatic rings. The highest BCUT2D eigenvalue weighted by molar-refractivity contribution is 5.80. The minimum Gasteiger partial charge on any atom is -0.387 e. The summed E-state index contributed by atoms with van der Waals surface area (Å²) >= 11 is 0. The molecule has 1 saturated heterocycles. The predicted octanol–water partition coefficient (Wildman–Crippen LogP) is 1.19. The van der Waals surface area contributed by atoms with Gasteiger partial charge in [0.2, 0.25) is 0 Å². The van der Waals surface area contributed by atoms with Crippen molar-refractivity contribution in [3.8, 4) is 0 Å². The molecule has 0 radical (unpaired) electrons. The van der Waals surface area contributed by atoms with Gasteiger partial charge in [-0.25, -0.2) is 4.98 Å². The molecule has 2 aliphatic rings. The molecule has 0 spiro atoms. The number of aryl methyl sites for hydroxylation is 1. The molecule has 0 bridgehead atoms. The van der Waals surface area contributed by atoms with Gasteiger partial charge in [-0.15, -0.1) is 0 Å². The SMILES string of the molecule is Cc1cccc2c(=O)[nH]c(CN3CC(O)(C4CC4)C3)nc12. The van der Waals surface area contributed by atoms with E-state index >= 15 is 0 Å². The molecular weight excluding hydrogens is 266 g/mol. The van der Waals surface area contributed by atoms with Crippen molar-refractivity contribution in [2.24, 2.45) is 5.92 Å². The van der Waals surface area contributed by atoms with Gasteiger partial charge in [0.1, 0.15) is 5.82 Å².